The molecule has 0 aliphatic heterocycles. The minimum absolute atomic E-state index is 0.695. The second kappa shape index (κ2) is 4.18. The molecule has 0 atom stereocenters. The number of aryl methyl sites for hydroxylation is 1. The Bertz CT molecular complexity index is 683. The van der Waals surface area contributed by atoms with Crippen molar-refractivity contribution < 1.29 is 4.42 Å². The van der Waals surface area contributed by atoms with Gasteiger partial charge in [0.2, 0.25) is 0 Å². The fourth-order valence-electron chi connectivity index (χ4n) is 1.95. The number of nitrogen functional groups attached to an aromatic ring is 1. The van der Waals surface area contributed by atoms with Crippen molar-refractivity contribution in [3.63, 3.8) is 0 Å². The number of nitrogens with two attached hydrogens (primary N) is 1. The van der Waals surface area contributed by atoms with E-state index in [2.05, 4.69) is 36.2 Å². The van der Waals surface area contributed by atoms with Crippen LogP contribution in [0, 0.1) is 6.92 Å². The summed E-state index contributed by atoms with van der Waals surface area (Å²) in [5.41, 5.74) is 10.5. The summed E-state index contributed by atoms with van der Waals surface area (Å²) in [7, 11) is 0. The van der Waals surface area contributed by atoms with Gasteiger partial charge < -0.3 is 10.2 Å². The lowest BCUT2D eigenvalue weighted by Gasteiger charge is -1.97. The average Bonchev–Trinajstić information content (AvgIpc) is 2.73. The molecular weight excluding hydrogens is 224 g/mol. The summed E-state index contributed by atoms with van der Waals surface area (Å²) < 4.78 is 5.69. The number of anilines is 1. The van der Waals surface area contributed by atoms with Gasteiger partial charge in [-0.3, -0.25) is 0 Å². The summed E-state index contributed by atoms with van der Waals surface area (Å²) in [6.07, 6.45) is 0.703. The van der Waals surface area contributed by atoms with Gasteiger partial charge in [0, 0.05) is 18.2 Å². The molecule has 90 valence electrons. The van der Waals surface area contributed by atoms with Crippen molar-refractivity contribution in [1.29, 1.82) is 0 Å². The third kappa shape index (κ3) is 2.07. The van der Waals surface area contributed by atoms with E-state index in [0.29, 0.717) is 12.1 Å². The van der Waals surface area contributed by atoms with Crippen molar-refractivity contribution in [2.45, 2.75) is 13.3 Å². The maximum absolute atomic E-state index is 5.71. The molecule has 0 saturated heterocycles. The minimum Gasteiger partial charge on any atom is -0.440 e. The molecule has 0 radical (unpaired) electrons. The number of hydrogen-bond acceptors (Lipinski definition) is 3. The number of hydrogen-bond donors (Lipinski definition) is 1. The van der Waals surface area contributed by atoms with Crippen LogP contribution in [0.2, 0.25) is 0 Å². The number of fused-ring (bicyclic) bond motifs is 1. The number of benzene rings is 2. The molecule has 0 spiro atoms. The van der Waals surface area contributed by atoms with Gasteiger partial charge in [-0.2, -0.15) is 0 Å². The zero-order valence-corrected chi connectivity index (χ0v) is 10.2. The first kappa shape index (κ1) is 10.8. The van der Waals surface area contributed by atoms with Crippen LogP contribution in [0.5, 0.6) is 0 Å². The van der Waals surface area contributed by atoms with Crippen LogP contribution in [0.3, 0.4) is 0 Å². The lowest BCUT2D eigenvalue weighted by molar-refractivity contribution is 0.544. The summed E-state index contributed by atoms with van der Waals surface area (Å²) in [6.45, 7) is 2.08. The molecule has 0 amide bonds. The van der Waals surface area contributed by atoms with Crippen molar-refractivity contribution in [2.75, 3.05) is 5.73 Å². The first-order valence-corrected chi connectivity index (χ1v) is 5.91. The number of nitrogens with zero attached hydrogens (tertiary/aromatic N) is 1. The Labute approximate surface area is 105 Å². The second-order valence-electron chi connectivity index (χ2n) is 4.50. The van der Waals surface area contributed by atoms with E-state index in [9.17, 15) is 0 Å². The Kier molecular flexibility index (Phi) is 2.52. The Morgan fingerprint density at radius 1 is 1.11 bits per heavy atom. The van der Waals surface area contributed by atoms with Gasteiger partial charge >= 0.3 is 0 Å². The van der Waals surface area contributed by atoms with Crippen molar-refractivity contribution in [3.8, 4) is 0 Å². The minimum atomic E-state index is 0.695. The van der Waals surface area contributed by atoms with Crippen LogP contribution < -0.4 is 5.73 Å². The lowest BCUT2D eigenvalue weighted by Crippen LogP contribution is -1.87. The Morgan fingerprint density at radius 3 is 2.67 bits per heavy atom. The topological polar surface area (TPSA) is 52.0 Å². The molecule has 0 aliphatic rings. The predicted molar refractivity (Wildman–Crippen MR) is 72.4 cm³/mol. The molecule has 0 aliphatic carbocycles. The highest BCUT2D eigenvalue weighted by molar-refractivity contribution is 5.76. The van der Waals surface area contributed by atoms with E-state index in [1.54, 1.807) is 6.07 Å². The maximum Gasteiger partial charge on any atom is 0.199 e. The second-order valence-corrected chi connectivity index (χ2v) is 4.50. The molecule has 18 heavy (non-hydrogen) atoms. The fourth-order valence-corrected chi connectivity index (χ4v) is 1.95. The van der Waals surface area contributed by atoms with E-state index in [1.807, 2.05) is 12.1 Å². The zero-order valence-electron chi connectivity index (χ0n) is 10.2. The predicted octanol–water partition coefficient (Wildman–Crippen LogP) is 3.31. The zero-order chi connectivity index (χ0) is 12.5. The molecule has 3 nitrogen and oxygen atoms in total. The van der Waals surface area contributed by atoms with Crippen LogP contribution in [-0.4, -0.2) is 4.98 Å². The van der Waals surface area contributed by atoms with Gasteiger partial charge in [0.15, 0.2) is 11.5 Å². The molecule has 0 unspecified atom stereocenters. The van der Waals surface area contributed by atoms with Crippen LogP contribution in [0.4, 0.5) is 5.69 Å². The maximum atomic E-state index is 5.71. The van der Waals surface area contributed by atoms with Crippen LogP contribution in [-0.2, 0) is 6.42 Å². The molecular formula is C15H14N2O. The summed E-state index contributed by atoms with van der Waals surface area (Å²) in [5.74, 6) is 0.722. The van der Waals surface area contributed by atoms with Crippen molar-refractivity contribution >= 4 is 16.8 Å². The average molecular weight is 238 g/mol. The number of aromatic nitrogens is 1. The van der Waals surface area contributed by atoms with E-state index in [0.717, 1.165) is 17.0 Å². The van der Waals surface area contributed by atoms with E-state index in [1.165, 1.54) is 11.1 Å². The fraction of sp³-hybridized carbons (Fsp3) is 0.133. The molecule has 2 aromatic carbocycles. The Balaban J connectivity index is 1.92. The van der Waals surface area contributed by atoms with Crippen molar-refractivity contribution in [2.24, 2.45) is 0 Å². The van der Waals surface area contributed by atoms with Gasteiger partial charge in [-0.1, -0.05) is 29.8 Å². The molecule has 3 heteroatoms. The Morgan fingerprint density at radius 2 is 1.89 bits per heavy atom. The monoisotopic (exact) mass is 238 g/mol. The van der Waals surface area contributed by atoms with Crippen molar-refractivity contribution in [1.82, 2.24) is 4.98 Å². The van der Waals surface area contributed by atoms with Crippen LogP contribution in [0.1, 0.15) is 17.0 Å². The highest BCUT2D eigenvalue weighted by Gasteiger charge is 2.06. The lowest BCUT2D eigenvalue weighted by atomic mass is 10.1. The highest BCUT2D eigenvalue weighted by Crippen LogP contribution is 2.20. The van der Waals surface area contributed by atoms with E-state index >= 15 is 0 Å². The van der Waals surface area contributed by atoms with E-state index in [-0.39, 0.29) is 0 Å². The van der Waals surface area contributed by atoms with Gasteiger partial charge in [-0.05, 0) is 24.6 Å². The molecule has 0 fully saturated rings. The third-order valence-corrected chi connectivity index (χ3v) is 2.93. The summed E-state index contributed by atoms with van der Waals surface area (Å²) in [6, 6.07) is 13.9. The van der Waals surface area contributed by atoms with Crippen LogP contribution >= 0.6 is 0 Å². The number of rotatable bonds is 2. The first-order chi connectivity index (χ1) is 8.70. The van der Waals surface area contributed by atoms with Gasteiger partial charge in [-0.15, -0.1) is 0 Å². The normalized spacial score (nSPS) is 10.9. The summed E-state index contributed by atoms with van der Waals surface area (Å²) >= 11 is 0. The van der Waals surface area contributed by atoms with E-state index in [4.69, 9.17) is 10.2 Å². The SMILES string of the molecule is Cc1ccc(Cc2nc3ccc(N)cc3o2)cc1. The smallest absolute Gasteiger partial charge is 0.199 e. The first-order valence-electron chi connectivity index (χ1n) is 5.91. The quantitative estimate of drug-likeness (QED) is 0.697. The van der Waals surface area contributed by atoms with Crippen LogP contribution in [0.15, 0.2) is 46.9 Å². The largest absolute Gasteiger partial charge is 0.440 e. The molecule has 2 N–H and O–H groups in total. The molecule has 0 saturated carbocycles. The number of oxazole rings is 1. The molecule has 0 bridgehead atoms. The molecule has 1 aromatic heterocycles. The molecule has 1 heterocycles. The standard InChI is InChI=1S/C15H14N2O/c1-10-2-4-11(5-3-10)8-15-17-13-7-6-12(16)9-14(13)18-15/h2-7,9H,8,16H2,1H3. The van der Waals surface area contributed by atoms with Gasteiger partial charge in [0.25, 0.3) is 0 Å². The van der Waals surface area contributed by atoms with Gasteiger partial charge in [-0.25, -0.2) is 4.98 Å². The van der Waals surface area contributed by atoms with Crippen molar-refractivity contribution in [3.05, 3.63) is 59.5 Å². The summed E-state index contributed by atoms with van der Waals surface area (Å²) in [4.78, 5) is 4.45. The Hall–Kier alpha value is -2.29. The van der Waals surface area contributed by atoms with Gasteiger partial charge in [0.1, 0.15) is 5.52 Å². The van der Waals surface area contributed by atoms with Crippen LogP contribution in [0.25, 0.3) is 11.1 Å². The molecule has 3 rings (SSSR count). The molecule has 3 aromatic rings. The third-order valence-electron chi connectivity index (χ3n) is 2.93. The highest BCUT2D eigenvalue weighted by atomic mass is 16.3. The van der Waals surface area contributed by atoms with Gasteiger partial charge in [0.05, 0.1) is 0 Å². The summed E-state index contributed by atoms with van der Waals surface area (Å²) in [5, 5.41) is 0. The van der Waals surface area contributed by atoms with E-state index < -0.39 is 0 Å².